The minimum absolute atomic E-state index is 0.0486. The van der Waals surface area contributed by atoms with Crippen LogP contribution in [0.5, 0.6) is 0 Å². The van der Waals surface area contributed by atoms with Crippen molar-refractivity contribution < 1.29 is 14.3 Å². The summed E-state index contributed by atoms with van der Waals surface area (Å²) in [5.74, 6) is -1.26. The summed E-state index contributed by atoms with van der Waals surface area (Å²) >= 11 is 0. The van der Waals surface area contributed by atoms with E-state index in [-0.39, 0.29) is 12.4 Å². The second kappa shape index (κ2) is 5.58. The fourth-order valence-corrected chi connectivity index (χ4v) is 1.46. The molecule has 1 atom stereocenters. The summed E-state index contributed by atoms with van der Waals surface area (Å²) in [6, 6.07) is 5.23. The standard InChI is InChI=1S/C11H15FN2O2/c1-14(10(6-13)11(15)16)7-8-2-4-9(12)5-3-8/h2-5,10H,6-7,13H2,1H3,(H,15,16). The maximum Gasteiger partial charge on any atom is 0.322 e. The molecule has 88 valence electrons. The van der Waals surface area contributed by atoms with Gasteiger partial charge in [-0.15, -0.1) is 0 Å². The maximum absolute atomic E-state index is 12.6. The molecule has 1 unspecified atom stereocenters. The lowest BCUT2D eigenvalue weighted by atomic mass is 10.2. The molecule has 16 heavy (non-hydrogen) atoms. The van der Waals surface area contributed by atoms with E-state index in [1.165, 1.54) is 12.1 Å². The molecular weight excluding hydrogens is 211 g/mol. The van der Waals surface area contributed by atoms with Crippen LogP contribution in [0.3, 0.4) is 0 Å². The molecule has 0 heterocycles. The average Bonchev–Trinajstić information content (AvgIpc) is 2.22. The van der Waals surface area contributed by atoms with Gasteiger partial charge >= 0.3 is 5.97 Å². The number of carboxylic acids is 1. The Kier molecular flexibility index (Phi) is 4.39. The minimum Gasteiger partial charge on any atom is -0.480 e. The fourth-order valence-electron chi connectivity index (χ4n) is 1.46. The SMILES string of the molecule is CN(Cc1ccc(F)cc1)C(CN)C(=O)O. The third-order valence-electron chi connectivity index (χ3n) is 2.39. The van der Waals surface area contributed by atoms with Crippen molar-refractivity contribution in [1.82, 2.24) is 4.90 Å². The van der Waals surface area contributed by atoms with Gasteiger partial charge in [0.2, 0.25) is 0 Å². The topological polar surface area (TPSA) is 66.6 Å². The summed E-state index contributed by atoms with van der Waals surface area (Å²) in [7, 11) is 1.68. The van der Waals surface area contributed by atoms with Crippen molar-refractivity contribution in [3.05, 3.63) is 35.6 Å². The highest BCUT2D eigenvalue weighted by Crippen LogP contribution is 2.07. The zero-order valence-electron chi connectivity index (χ0n) is 9.06. The Bertz CT molecular complexity index is 354. The predicted octanol–water partition coefficient (Wildman–Crippen LogP) is 0.669. The normalized spacial score (nSPS) is 12.8. The Hall–Kier alpha value is -1.46. The number of hydrogen-bond acceptors (Lipinski definition) is 3. The molecule has 3 N–H and O–H groups in total. The van der Waals surface area contributed by atoms with Crippen LogP contribution in [0, 0.1) is 5.82 Å². The molecule has 0 saturated carbocycles. The lowest BCUT2D eigenvalue weighted by Crippen LogP contribution is -2.43. The smallest absolute Gasteiger partial charge is 0.322 e. The van der Waals surface area contributed by atoms with E-state index in [0.29, 0.717) is 6.54 Å². The van der Waals surface area contributed by atoms with Crippen LogP contribution >= 0.6 is 0 Å². The first-order valence-electron chi connectivity index (χ1n) is 4.92. The molecule has 0 bridgehead atoms. The van der Waals surface area contributed by atoms with Gasteiger partial charge in [-0.3, -0.25) is 9.69 Å². The molecule has 1 rings (SSSR count). The molecule has 0 aliphatic carbocycles. The molecule has 0 amide bonds. The minimum atomic E-state index is -0.952. The van der Waals surface area contributed by atoms with Crippen LogP contribution in [0.4, 0.5) is 4.39 Å². The third-order valence-corrected chi connectivity index (χ3v) is 2.39. The molecule has 1 aromatic carbocycles. The van der Waals surface area contributed by atoms with Gasteiger partial charge in [0.25, 0.3) is 0 Å². The van der Waals surface area contributed by atoms with Crippen molar-refractivity contribution in [2.45, 2.75) is 12.6 Å². The quantitative estimate of drug-likeness (QED) is 0.774. The highest BCUT2D eigenvalue weighted by atomic mass is 19.1. The monoisotopic (exact) mass is 226 g/mol. The summed E-state index contributed by atoms with van der Waals surface area (Å²) < 4.78 is 12.6. The lowest BCUT2D eigenvalue weighted by molar-refractivity contribution is -0.142. The van der Waals surface area contributed by atoms with Crippen LogP contribution in [0.1, 0.15) is 5.56 Å². The van der Waals surface area contributed by atoms with Gasteiger partial charge in [-0.2, -0.15) is 0 Å². The van der Waals surface area contributed by atoms with Gasteiger partial charge in [0, 0.05) is 13.1 Å². The average molecular weight is 226 g/mol. The van der Waals surface area contributed by atoms with E-state index in [9.17, 15) is 9.18 Å². The zero-order valence-corrected chi connectivity index (χ0v) is 9.06. The van der Waals surface area contributed by atoms with Crippen molar-refractivity contribution in [2.24, 2.45) is 5.73 Å². The van der Waals surface area contributed by atoms with Crippen molar-refractivity contribution in [1.29, 1.82) is 0 Å². The number of carbonyl (C=O) groups is 1. The molecule has 0 fully saturated rings. The number of halogens is 1. The number of nitrogens with zero attached hydrogens (tertiary/aromatic N) is 1. The van der Waals surface area contributed by atoms with E-state index in [1.807, 2.05) is 0 Å². The van der Waals surface area contributed by atoms with Crippen molar-refractivity contribution in [3.8, 4) is 0 Å². The maximum atomic E-state index is 12.6. The highest BCUT2D eigenvalue weighted by molar-refractivity contribution is 5.73. The van der Waals surface area contributed by atoms with E-state index in [0.717, 1.165) is 5.56 Å². The van der Waals surface area contributed by atoms with Crippen molar-refractivity contribution >= 4 is 5.97 Å². The molecule has 5 heteroatoms. The Morgan fingerprint density at radius 2 is 2.06 bits per heavy atom. The zero-order chi connectivity index (χ0) is 12.1. The number of rotatable bonds is 5. The first-order valence-corrected chi connectivity index (χ1v) is 4.92. The van der Waals surface area contributed by atoms with Gasteiger partial charge in [-0.05, 0) is 24.7 Å². The lowest BCUT2D eigenvalue weighted by Gasteiger charge is -2.23. The van der Waals surface area contributed by atoms with Gasteiger partial charge in [-0.1, -0.05) is 12.1 Å². The third kappa shape index (κ3) is 3.29. The molecule has 0 saturated heterocycles. The van der Waals surface area contributed by atoms with E-state index in [1.54, 1.807) is 24.1 Å². The van der Waals surface area contributed by atoms with Gasteiger partial charge in [0.05, 0.1) is 0 Å². The van der Waals surface area contributed by atoms with E-state index in [4.69, 9.17) is 10.8 Å². The van der Waals surface area contributed by atoms with Gasteiger partial charge in [0.15, 0.2) is 0 Å². The van der Waals surface area contributed by atoms with Crippen LogP contribution in [0.2, 0.25) is 0 Å². The molecule has 1 aromatic rings. The molecule has 4 nitrogen and oxygen atoms in total. The van der Waals surface area contributed by atoms with Gasteiger partial charge < -0.3 is 10.8 Å². The number of aliphatic carboxylic acids is 1. The van der Waals surface area contributed by atoms with Crippen molar-refractivity contribution in [2.75, 3.05) is 13.6 Å². The Morgan fingerprint density at radius 3 is 2.50 bits per heavy atom. The summed E-state index contributed by atoms with van der Waals surface area (Å²) in [6.45, 7) is 0.474. The Labute approximate surface area is 93.5 Å². The Balaban J connectivity index is 2.66. The fraction of sp³-hybridized carbons (Fsp3) is 0.364. The second-order valence-electron chi connectivity index (χ2n) is 3.63. The van der Waals surface area contributed by atoms with E-state index < -0.39 is 12.0 Å². The number of benzene rings is 1. The molecule has 0 aromatic heterocycles. The van der Waals surface area contributed by atoms with E-state index in [2.05, 4.69) is 0 Å². The van der Waals surface area contributed by atoms with Crippen LogP contribution in [-0.4, -0.2) is 35.6 Å². The summed E-state index contributed by atoms with van der Waals surface area (Å²) in [6.07, 6.45) is 0. The van der Waals surface area contributed by atoms with Crippen LogP contribution < -0.4 is 5.73 Å². The molecule has 0 aliphatic heterocycles. The molecule has 0 radical (unpaired) electrons. The number of likely N-dealkylation sites (N-methyl/N-ethyl adjacent to an activating group) is 1. The highest BCUT2D eigenvalue weighted by Gasteiger charge is 2.20. The second-order valence-corrected chi connectivity index (χ2v) is 3.63. The predicted molar refractivity (Wildman–Crippen MR) is 58.3 cm³/mol. The van der Waals surface area contributed by atoms with Crippen LogP contribution in [0.15, 0.2) is 24.3 Å². The molecule has 0 aliphatic rings. The number of carboxylic acid groups (broad SMARTS) is 1. The number of hydrogen-bond donors (Lipinski definition) is 2. The molecule has 0 spiro atoms. The first kappa shape index (κ1) is 12.6. The van der Waals surface area contributed by atoms with Crippen molar-refractivity contribution in [3.63, 3.8) is 0 Å². The number of nitrogens with two attached hydrogens (primary N) is 1. The largest absolute Gasteiger partial charge is 0.480 e. The van der Waals surface area contributed by atoms with Gasteiger partial charge in [-0.25, -0.2) is 4.39 Å². The Morgan fingerprint density at radius 1 is 1.50 bits per heavy atom. The van der Waals surface area contributed by atoms with Crippen LogP contribution in [0.25, 0.3) is 0 Å². The summed E-state index contributed by atoms with van der Waals surface area (Å²) in [4.78, 5) is 12.5. The summed E-state index contributed by atoms with van der Waals surface area (Å²) in [5, 5.41) is 8.88. The van der Waals surface area contributed by atoms with E-state index >= 15 is 0 Å². The molecular formula is C11H15FN2O2. The first-order chi connectivity index (χ1) is 7.54. The van der Waals surface area contributed by atoms with Gasteiger partial charge in [0.1, 0.15) is 11.9 Å². The summed E-state index contributed by atoms with van der Waals surface area (Å²) in [5.41, 5.74) is 6.22. The van der Waals surface area contributed by atoms with Crippen LogP contribution in [-0.2, 0) is 11.3 Å².